The predicted molar refractivity (Wildman–Crippen MR) is 221 cm³/mol. The molecular formula is C43H48N6O8S2. The van der Waals surface area contributed by atoms with Gasteiger partial charge in [-0.1, -0.05) is 73.5 Å². The van der Waals surface area contributed by atoms with Gasteiger partial charge in [-0.05, 0) is 80.5 Å². The Labute approximate surface area is 347 Å². The normalized spacial score (nSPS) is 25.8. The second-order valence-corrected chi connectivity index (χ2v) is 18.5. The van der Waals surface area contributed by atoms with Crippen LogP contribution in [-0.2, 0) is 34.9 Å². The van der Waals surface area contributed by atoms with Crippen LogP contribution in [0.5, 0.6) is 5.88 Å². The number of benzene rings is 2. The average molecular weight is 841 g/mol. The van der Waals surface area contributed by atoms with Crippen molar-refractivity contribution in [2.45, 2.75) is 106 Å². The number of carbonyl (C=O) groups excluding carboxylic acids is 4. The Morgan fingerprint density at radius 1 is 0.898 bits per heavy atom. The van der Waals surface area contributed by atoms with E-state index in [4.69, 9.17) is 19.4 Å². The first kappa shape index (κ1) is 40.4. The Morgan fingerprint density at radius 3 is 2.41 bits per heavy atom. The van der Waals surface area contributed by atoms with E-state index in [0.29, 0.717) is 41.6 Å². The van der Waals surface area contributed by atoms with Crippen LogP contribution >= 0.6 is 11.3 Å². The molecule has 59 heavy (non-hydrogen) atoms. The van der Waals surface area contributed by atoms with Crippen LogP contribution in [0.2, 0.25) is 0 Å². The molecule has 2 aliphatic carbocycles. The van der Waals surface area contributed by atoms with Gasteiger partial charge in [-0.25, -0.2) is 23.2 Å². The highest BCUT2D eigenvalue weighted by molar-refractivity contribution is 7.89. The zero-order valence-corrected chi connectivity index (χ0v) is 34.2. The van der Waals surface area contributed by atoms with Crippen molar-refractivity contribution in [3.8, 4) is 16.5 Å². The number of nitrogens with zero attached hydrogens (tertiary/aromatic N) is 3. The molecule has 1 saturated heterocycles. The topological polar surface area (TPSA) is 186 Å². The lowest BCUT2D eigenvalue weighted by Gasteiger charge is -2.30. The summed E-state index contributed by atoms with van der Waals surface area (Å²) in [6.07, 6.45) is 9.05. The molecule has 3 N–H and O–H groups in total. The maximum atomic E-state index is 14.7. The number of allylic oxidation sites excluding steroid dienone is 1. The summed E-state index contributed by atoms with van der Waals surface area (Å²) in [5, 5.41) is 7.66. The highest BCUT2D eigenvalue weighted by Crippen LogP contribution is 2.46. The summed E-state index contributed by atoms with van der Waals surface area (Å²) >= 11 is 1.48. The van der Waals surface area contributed by atoms with Gasteiger partial charge >= 0.3 is 6.09 Å². The van der Waals surface area contributed by atoms with Crippen molar-refractivity contribution in [3.63, 3.8) is 0 Å². The van der Waals surface area contributed by atoms with E-state index in [0.717, 1.165) is 43.4 Å². The van der Waals surface area contributed by atoms with Crippen molar-refractivity contribution < 1.29 is 37.1 Å². The van der Waals surface area contributed by atoms with Crippen LogP contribution in [0.1, 0.15) is 76.2 Å². The average Bonchev–Trinajstić information content (AvgIpc) is 3.71. The van der Waals surface area contributed by atoms with Crippen molar-refractivity contribution in [2.24, 2.45) is 5.92 Å². The van der Waals surface area contributed by atoms with Crippen molar-refractivity contribution in [3.05, 3.63) is 89.8 Å². The number of amides is 4. The summed E-state index contributed by atoms with van der Waals surface area (Å²) in [4.78, 5) is 68.5. The summed E-state index contributed by atoms with van der Waals surface area (Å²) in [6, 6.07) is 17.6. The number of hydrogen-bond acceptors (Lipinski definition) is 11. The summed E-state index contributed by atoms with van der Waals surface area (Å²) in [5.74, 6) is -2.61. The Morgan fingerprint density at radius 2 is 1.64 bits per heavy atom. The SMILES string of the molecule is O=C(N[C@@H]1CCCCC/C=C\[C@H]2C[C@]2(C(=O)NS(=O)(=O)Cc2ccccc2)NC(=O)[C@@H]2C[C@H](Oc3nc4ccccc4nc3-c3cccs3)CN2C1=O)OC1CCCC1. The van der Waals surface area contributed by atoms with Crippen LogP contribution in [0, 0.1) is 5.92 Å². The van der Waals surface area contributed by atoms with Gasteiger partial charge in [-0.2, -0.15) is 0 Å². The van der Waals surface area contributed by atoms with Crippen LogP contribution in [0.3, 0.4) is 0 Å². The minimum absolute atomic E-state index is 0.0275. The fourth-order valence-corrected chi connectivity index (χ4v) is 10.2. The summed E-state index contributed by atoms with van der Waals surface area (Å²) in [5.41, 5.74) is 0.746. The van der Waals surface area contributed by atoms with E-state index >= 15 is 0 Å². The highest BCUT2D eigenvalue weighted by atomic mass is 32.2. The van der Waals surface area contributed by atoms with E-state index in [2.05, 4.69) is 15.4 Å². The third-order valence-electron chi connectivity index (χ3n) is 11.5. The third kappa shape index (κ3) is 9.43. The molecule has 2 saturated carbocycles. The lowest BCUT2D eigenvalue weighted by molar-refractivity contribution is -0.141. The number of fused-ring (bicyclic) bond motifs is 3. The maximum Gasteiger partial charge on any atom is 0.408 e. The number of aromatic nitrogens is 2. The summed E-state index contributed by atoms with van der Waals surface area (Å²) < 4.78 is 41.1. The predicted octanol–water partition coefficient (Wildman–Crippen LogP) is 5.79. The number of thiophene rings is 1. The van der Waals surface area contributed by atoms with Gasteiger partial charge < -0.3 is 25.0 Å². The lowest BCUT2D eigenvalue weighted by atomic mass is 10.0. The highest BCUT2D eigenvalue weighted by Gasteiger charge is 2.61. The van der Waals surface area contributed by atoms with Crippen LogP contribution in [-0.4, -0.2) is 83.5 Å². The summed E-state index contributed by atoms with van der Waals surface area (Å²) in [6.45, 7) is -0.0286. The van der Waals surface area contributed by atoms with Gasteiger partial charge in [-0.3, -0.25) is 19.1 Å². The number of nitrogens with one attached hydrogen (secondary N) is 3. The molecule has 14 nitrogen and oxygen atoms in total. The molecule has 4 aromatic rings. The van der Waals surface area contributed by atoms with Gasteiger partial charge in [0, 0.05) is 12.3 Å². The lowest BCUT2D eigenvalue weighted by Crippen LogP contribution is -2.58. The van der Waals surface area contributed by atoms with E-state index in [1.165, 1.54) is 16.2 Å². The van der Waals surface area contributed by atoms with Gasteiger partial charge in [0.25, 0.3) is 5.91 Å². The molecule has 310 valence electrons. The Hall–Kier alpha value is -5.35. The van der Waals surface area contributed by atoms with E-state index in [-0.39, 0.29) is 31.4 Å². The standard InChI is InChI=1S/C43H48N6O8S2/c50-38-35-24-31(56-39-37(36-22-13-23-58-36)44-32-19-11-12-20-33(32)45-39)26-49(35)40(51)34(46-42(53)57-30-17-9-10-18-30)21-8-3-1-2-7-16-29-25-43(29,47-38)41(52)48-59(54,55)27-28-14-5-4-6-15-28/h4-7,11-16,19-20,22-23,29-31,34-35H,1-3,8-10,17-18,21,24-27H2,(H,46,53)(H,47,50)(H,48,52)/b16-7-/t29-,31-,34+,35-,43-/m0/s1. The van der Waals surface area contributed by atoms with Gasteiger partial charge in [-0.15, -0.1) is 11.3 Å². The molecule has 3 fully saturated rings. The molecule has 0 spiro atoms. The molecule has 4 heterocycles. The Balaban J connectivity index is 1.09. The van der Waals surface area contributed by atoms with Gasteiger partial charge in [0.2, 0.25) is 27.7 Å². The first-order valence-corrected chi connectivity index (χ1v) is 22.9. The van der Waals surface area contributed by atoms with Gasteiger partial charge in [0.05, 0.1) is 28.2 Å². The van der Waals surface area contributed by atoms with Crippen molar-refractivity contribution in [2.75, 3.05) is 6.54 Å². The number of para-hydroxylation sites is 2. The molecule has 0 unspecified atom stereocenters. The minimum atomic E-state index is -4.14. The quantitative estimate of drug-likeness (QED) is 0.174. The smallest absolute Gasteiger partial charge is 0.408 e. The van der Waals surface area contributed by atoms with E-state index in [1.54, 1.807) is 30.3 Å². The number of ether oxygens (including phenoxy) is 2. The van der Waals surface area contributed by atoms with Crippen LogP contribution in [0.15, 0.2) is 84.3 Å². The molecule has 8 rings (SSSR count). The summed E-state index contributed by atoms with van der Waals surface area (Å²) in [7, 11) is -4.14. The molecule has 16 heteroatoms. The molecular weight excluding hydrogens is 793 g/mol. The molecule has 0 bridgehead atoms. The number of carbonyl (C=O) groups is 4. The second-order valence-electron chi connectivity index (χ2n) is 15.8. The zero-order chi connectivity index (χ0) is 41.0. The molecule has 4 aliphatic rings. The minimum Gasteiger partial charge on any atom is -0.471 e. The monoisotopic (exact) mass is 840 g/mol. The van der Waals surface area contributed by atoms with Crippen LogP contribution in [0.4, 0.5) is 4.79 Å². The van der Waals surface area contributed by atoms with Gasteiger partial charge in [0.15, 0.2) is 0 Å². The number of alkyl carbamates (subject to hydrolysis) is 1. The number of hydrogen-bond donors (Lipinski definition) is 3. The van der Waals surface area contributed by atoms with E-state index in [9.17, 15) is 27.6 Å². The fraction of sp³-hybridized carbons (Fsp3) is 0.442. The largest absolute Gasteiger partial charge is 0.471 e. The molecule has 4 amide bonds. The van der Waals surface area contributed by atoms with Crippen LogP contribution < -0.4 is 20.1 Å². The zero-order valence-electron chi connectivity index (χ0n) is 32.6. The van der Waals surface area contributed by atoms with Gasteiger partial charge in [0.1, 0.15) is 35.5 Å². The first-order chi connectivity index (χ1) is 28.6. The molecule has 2 aromatic carbocycles. The van der Waals surface area contributed by atoms with Crippen molar-refractivity contribution in [1.82, 2.24) is 30.2 Å². The third-order valence-corrected chi connectivity index (χ3v) is 13.6. The van der Waals surface area contributed by atoms with E-state index < -0.39 is 69.2 Å². The molecule has 0 radical (unpaired) electrons. The fourth-order valence-electron chi connectivity index (χ4n) is 8.36. The van der Waals surface area contributed by atoms with Crippen molar-refractivity contribution >= 4 is 56.2 Å². The van der Waals surface area contributed by atoms with Crippen molar-refractivity contribution in [1.29, 1.82) is 0 Å². The maximum absolute atomic E-state index is 14.7. The van der Waals surface area contributed by atoms with Crippen LogP contribution in [0.25, 0.3) is 21.6 Å². The molecule has 5 atom stereocenters. The molecule has 2 aromatic heterocycles. The number of sulfonamides is 1. The molecule has 2 aliphatic heterocycles. The Kier molecular flexibility index (Phi) is 12.0. The van der Waals surface area contributed by atoms with E-state index in [1.807, 2.05) is 53.9 Å². The second kappa shape index (κ2) is 17.5. The Bertz CT molecular complexity index is 2320. The first-order valence-electron chi connectivity index (χ1n) is 20.4. The number of rotatable bonds is 9.